The molecule has 1 aliphatic heterocycles. The van der Waals surface area contributed by atoms with E-state index in [-0.39, 0.29) is 11.8 Å². The van der Waals surface area contributed by atoms with Crippen LogP contribution in [-0.4, -0.2) is 47.4 Å². The molecule has 1 saturated heterocycles. The van der Waals surface area contributed by atoms with Crippen LogP contribution >= 0.6 is 0 Å². The highest BCUT2D eigenvalue weighted by Gasteiger charge is 2.29. The maximum absolute atomic E-state index is 12.5. The SMILES string of the molecule is Cc1cn2cccc(NC(=O)C3CCN(S(C)(=O)=O)CC3)c2n1. The number of pyridine rings is 1. The van der Waals surface area contributed by atoms with Crippen molar-refractivity contribution in [3.8, 4) is 0 Å². The summed E-state index contributed by atoms with van der Waals surface area (Å²) >= 11 is 0. The van der Waals surface area contributed by atoms with Crippen LogP contribution in [0.2, 0.25) is 0 Å². The summed E-state index contributed by atoms with van der Waals surface area (Å²) in [6.07, 6.45) is 6.06. The van der Waals surface area contributed by atoms with E-state index in [1.807, 2.05) is 35.9 Å². The number of anilines is 1. The lowest BCUT2D eigenvalue weighted by Gasteiger charge is -2.29. The first-order valence-electron chi connectivity index (χ1n) is 7.55. The first-order valence-corrected chi connectivity index (χ1v) is 9.40. The van der Waals surface area contributed by atoms with Crippen molar-refractivity contribution in [3.63, 3.8) is 0 Å². The summed E-state index contributed by atoms with van der Waals surface area (Å²) in [6.45, 7) is 2.69. The van der Waals surface area contributed by atoms with Crippen LogP contribution in [0.1, 0.15) is 18.5 Å². The third-order valence-corrected chi connectivity index (χ3v) is 5.46. The van der Waals surface area contributed by atoms with Crippen molar-refractivity contribution in [1.82, 2.24) is 13.7 Å². The second-order valence-corrected chi connectivity index (χ2v) is 7.94. The minimum atomic E-state index is -3.17. The van der Waals surface area contributed by atoms with Crippen molar-refractivity contribution in [1.29, 1.82) is 0 Å². The molecule has 1 amide bonds. The van der Waals surface area contributed by atoms with Gasteiger partial charge in [0.15, 0.2) is 5.65 Å². The Bertz CT molecular complexity index is 836. The van der Waals surface area contributed by atoms with Gasteiger partial charge in [-0.1, -0.05) is 0 Å². The minimum absolute atomic E-state index is 0.0769. The Morgan fingerprint density at radius 1 is 1.35 bits per heavy atom. The zero-order chi connectivity index (χ0) is 16.6. The third kappa shape index (κ3) is 3.37. The van der Waals surface area contributed by atoms with Crippen molar-refractivity contribution < 1.29 is 13.2 Å². The fraction of sp³-hybridized carbons (Fsp3) is 0.467. The highest BCUT2D eigenvalue weighted by Crippen LogP contribution is 2.22. The molecule has 3 heterocycles. The molecule has 0 aromatic carbocycles. The Balaban J connectivity index is 1.70. The van der Waals surface area contributed by atoms with Crippen molar-refractivity contribution in [3.05, 3.63) is 30.2 Å². The van der Waals surface area contributed by atoms with E-state index >= 15 is 0 Å². The molecule has 0 spiro atoms. The topological polar surface area (TPSA) is 83.8 Å². The number of amides is 1. The molecule has 23 heavy (non-hydrogen) atoms. The normalized spacial score (nSPS) is 17.5. The largest absolute Gasteiger partial charge is 0.323 e. The van der Waals surface area contributed by atoms with E-state index in [1.54, 1.807) is 0 Å². The van der Waals surface area contributed by atoms with Crippen molar-refractivity contribution in [2.45, 2.75) is 19.8 Å². The summed E-state index contributed by atoms with van der Waals surface area (Å²) in [5.41, 5.74) is 2.27. The number of imidazole rings is 1. The van der Waals surface area contributed by atoms with Crippen LogP contribution in [0, 0.1) is 12.8 Å². The number of aryl methyl sites for hydroxylation is 1. The van der Waals surface area contributed by atoms with Gasteiger partial charge in [-0.2, -0.15) is 0 Å². The highest BCUT2D eigenvalue weighted by molar-refractivity contribution is 7.88. The maximum Gasteiger partial charge on any atom is 0.227 e. The number of sulfonamides is 1. The Morgan fingerprint density at radius 2 is 2.04 bits per heavy atom. The molecular weight excluding hydrogens is 316 g/mol. The molecule has 1 N–H and O–H groups in total. The average molecular weight is 336 g/mol. The zero-order valence-corrected chi connectivity index (χ0v) is 14.0. The number of fused-ring (bicyclic) bond motifs is 1. The highest BCUT2D eigenvalue weighted by atomic mass is 32.2. The number of aromatic nitrogens is 2. The van der Waals surface area contributed by atoms with Gasteiger partial charge in [0, 0.05) is 31.4 Å². The Kier molecular flexibility index (Phi) is 4.11. The van der Waals surface area contributed by atoms with E-state index in [0.29, 0.717) is 37.3 Å². The van der Waals surface area contributed by atoms with Crippen LogP contribution in [0.15, 0.2) is 24.5 Å². The smallest absolute Gasteiger partial charge is 0.227 e. The average Bonchev–Trinajstić information content (AvgIpc) is 2.88. The molecule has 0 saturated carbocycles. The number of piperidine rings is 1. The van der Waals surface area contributed by atoms with Crippen LogP contribution < -0.4 is 5.32 Å². The lowest BCUT2D eigenvalue weighted by Crippen LogP contribution is -2.40. The summed E-state index contributed by atoms with van der Waals surface area (Å²) in [5, 5.41) is 2.93. The molecule has 1 aliphatic rings. The zero-order valence-electron chi connectivity index (χ0n) is 13.2. The van der Waals surface area contributed by atoms with E-state index in [4.69, 9.17) is 0 Å². The predicted molar refractivity (Wildman–Crippen MR) is 87.7 cm³/mol. The summed E-state index contributed by atoms with van der Waals surface area (Å²) in [5.74, 6) is -0.254. The van der Waals surface area contributed by atoms with Gasteiger partial charge in [0.2, 0.25) is 15.9 Å². The molecule has 2 aromatic heterocycles. The number of carbonyl (C=O) groups excluding carboxylic acids is 1. The van der Waals surface area contributed by atoms with Gasteiger partial charge < -0.3 is 9.72 Å². The molecule has 2 aromatic rings. The lowest BCUT2D eigenvalue weighted by atomic mass is 9.97. The molecule has 124 valence electrons. The fourth-order valence-corrected chi connectivity index (χ4v) is 3.79. The van der Waals surface area contributed by atoms with Gasteiger partial charge >= 0.3 is 0 Å². The molecule has 3 rings (SSSR count). The van der Waals surface area contributed by atoms with E-state index in [1.165, 1.54) is 10.6 Å². The van der Waals surface area contributed by atoms with Crippen molar-refractivity contribution >= 4 is 27.3 Å². The monoisotopic (exact) mass is 336 g/mol. The van der Waals surface area contributed by atoms with E-state index < -0.39 is 10.0 Å². The molecular formula is C15H20N4O3S. The van der Waals surface area contributed by atoms with Gasteiger partial charge in [0.05, 0.1) is 17.6 Å². The molecule has 1 fully saturated rings. The summed E-state index contributed by atoms with van der Waals surface area (Å²) in [7, 11) is -3.17. The van der Waals surface area contributed by atoms with Crippen LogP contribution in [0.3, 0.4) is 0 Å². The van der Waals surface area contributed by atoms with Gasteiger partial charge in [-0.05, 0) is 31.9 Å². The summed E-state index contributed by atoms with van der Waals surface area (Å²) < 4.78 is 26.3. The molecule has 0 radical (unpaired) electrons. The number of nitrogens with one attached hydrogen (secondary N) is 1. The molecule has 8 heteroatoms. The van der Waals surface area contributed by atoms with E-state index in [0.717, 1.165) is 5.69 Å². The minimum Gasteiger partial charge on any atom is -0.323 e. The predicted octanol–water partition coefficient (Wildman–Crippen LogP) is 1.25. The fourth-order valence-electron chi connectivity index (χ4n) is 2.92. The van der Waals surface area contributed by atoms with Gasteiger partial charge in [-0.3, -0.25) is 4.79 Å². The third-order valence-electron chi connectivity index (χ3n) is 4.15. The van der Waals surface area contributed by atoms with Gasteiger partial charge in [-0.25, -0.2) is 17.7 Å². The van der Waals surface area contributed by atoms with Gasteiger partial charge in [0.25, 0.3) is 0 Å². The molecule has 0 bridgehead atoms. The first-order chi connectivity index (χ1) is 10.8. The summed E-state index contributed by atoms with van der Waals surface area (Å²) in [4.78, 5) is 16.9. The number of nitrogens with zero attached hydrogens (tertiary/aromatic N) is 3. The summed E-state index contributed by atoms with van der Waals surface area (Å²) in [6, 6.07) is 3.68. The number of hydrogen-bond acceptors (Lipinski definition) is 4. The number of rotatable bonds is 3. The lowest BCUT2D eigenvalue weighted by molar-refractivity contribution is -0.120. The molecule has 7 nitrogen and oxygen atoms in total. The maximum atomic E-state index is 12.5. The second kappa shape index (κ2) is 5.93. The van der Waals surface area contributed by atoms with Crippen molar-refractivity contribution in [2.75, 3.05) is 24.7 Å². The standard InChI is InChI=1S/C15H20N4O3S/c1-11-10-18-7-3-4-13(14(18)16-11)17-15(20)12-5-8-19(9-6-12)23(2,21)22/h3-4,7,10,12H,5-6,8-9H2,1-2H3,(H,17,20). The Morgan fingerprint density at radius 3 is 2.70 bits per heavy atom. The van der Waals surface area contributed by atoms with E-state index in [2.05, 4.69) is 10.3 Å². The van der Waals surface area contributed by atoms with Gasteiger partial charge in [-0.15, -0.1) is 0 Å². The molecule has 0 unspecified atom stereocenters. The van der Waals surface area contributed by atoms with Crippen molar-refractivity contribution in [2.24, 2.45) is 5.92 Å². The molecule has 0 aliphatic carbocycles. The quantitative estimate of drug-likeness (QED) is 0.914. The molecule has 0 atom stereocenters. The number of hydrogen-bond donors (Lipinski definition) is 1. The number of carbonyl (C=O) groups is 1. The van der Waals surface area contributed by atoms with Crippen LogP contribution in [0.4, 0.5) is 5.69 Å². The van der Waals surface area contributed by atoms with Crippen LogP contribution in [0.25, 0.3) is 5.65 Å². The van der Waals surface area contributed by atoms with Gasteiger partial charge in [0.1, 0.15) is 0 Å². The second-order valence-electron chi connectivity index (χ2n) is 5.96. The Labute approximate surface area is 135 Å². The van der Waals surface area contributed by atoms with Crippen LogP contribution in [-0.2, 0) is 14.8 Å². The van der Waals surface area contributed by atoms with Crippen LogP contribution in [0.5, 0.6) is 0 Å². The Hall–Kier alpha value is -1.93. The van der Waals surface area contributed by atoms with E-state index in [9.17, 15) is 13.2 Å². The first kappa shape index (κ1) is 15.9.